The molecule has 6 nitrogen and oxygen atoms in total. The lowest BCUT2D eigenvalue weighted by Crippen LogP contribution is -2.30. The first-order valence-electron chi connectivity index (χ1n) is 11.3. The van der Waals surface area contributed by atoms with Crippen LogP contribution in [0.3, 0.4) is 0 Å². The minimum atomic E-state index is -0.669. The Hall–Kier alpha value is -3.28. The van der Waals surface area contributed by atoms with Crippen LogP contribution in [-0.2, 0) is 9.59 Å². The van der Waals surface area contributed by atoms with E-state index in [-0.39, 0.29) is 11.3 Å². The molecule has 0 spiro atoms. The maximum atomic E-state index is 13.0. The second kappa shape index (κ2) is 10.8. The summed E-state index contributed by atoms with van der Waals surface area (Å²) >= 11 is 0. The third kappa shape index (κ3) is 4.96. The monoisotopic (exact) mass is 437 g/mol. The van der Waals surface area contributed by atoms with Crippen molar-refractivity contribution in [3.8, 4) is 11.5 Å². The van der Waals surface area contributed by atoms with Crippen LogP contribution in [0, 0.1) is 0 Å². The van der Waals surface area contributed by atoms with Crippen molar-refractivity contribution in [2.24, 2.45) is 0 Å². The predicted octanol–water partition coefficient (Wildman–Crippen LogP) is 5.10. The highest BCUT2D eigenvalue weighted by atomic mass is 16.5. The van der Waals surface area contributed by atoms with Gasteiger partial charge in [-0.2, -0.15) is 0 Å². The van der Waals surface area contributed by atoms with Gasteiger partial charge in [-0.1, -0.05) is 32.4 Å². The van der Waals surface area contributed by atoms with Gasteiger partial charge in [-0.25, -0.2) is 0 Å². The zero-order valence-corrected chi connectivity index (χ0v) is 19.0. The number of Topliss-reactive ketones (excluding diaryl/α,β-unsaturated/α-hetero) is 1. The van der Waals surface area contributed by atoms with Gasteiger partial charge in [0.25, 0.3) is 11.7 Å². The molecule has 0 saturated carbocycles. The summed E-state index contributed by atoms with van der Waals surface area (Å²) in [6.45, 7) is 7.50. The van der Waals surface area contributed by atoms with Crippen molar-refractivity contribution < 1.29 is 24.2 Å². The number of benzene rings is 2. The van der Waals surface area contributed by atoms with Crippen molar-refractivity contribution >= 4 is 17.4 Å². The van der Waals surface area contributed by atoms with Crippen molar-refractivity contribution in [3.05, 3.63) is 65.2 Å². The number of hydrogen-bond donors (Lipinski definition) is 1. The summed E-state index contributed by atoms with van der Waals surface area (Å²) < 4.78 is 11.2. The molecule has 0 aromatic heterocycles. The molecule has 1 amide bonds. The fraction of sp³-hybridized carbons (Fsp3) is 0.385. The number of unbranched alkanes of at least 4 members (excludes halogenated alkanes) is 1. The van der Waals surface area contributed by atoms with Crippen molar-refractivity contribution in [2.75, 3.05) is 19.8 Å². The molecule has 32 heavy (non-hydrogen) atoms. The predicted molar refractivity (Wildman–Crippen MR) is 124 cm³/mol. The fourth-order valence-electron chi connectivity index (χ4n) is 3.81. The van der Waals surface area contributed by atoms with Gasteiger partial charge in [-0.3, -0.25) is 9.59 Å². The Kier molecular flexibility index (Phi) is 7.92. The Morgan fingerprint density at radius 3 is 2.38 bits per heavy atom. The lowest BCUT2D eigenvalue weighted by Gasteiger charge is -2.25. The molecule has 0 aliphatic carbocycles. The minimum absolute atomic E-state index is 0.0999. The molecule has 2 aromatic rings. The standard InChI is InChI=1S/C26H31NO5/c1-4-7-15-27-23(19-9-8-10-21(17-19)32-16-5-2)22(25(29)26(27)30)24(28)18-11-13-20(14-12-18)31-6-3/h8-14,17,23,28H,4-7,15-16H2,1-3H3/b24-22-. The number of carbonyl (C=O) groups excluding carboxylic acids is 2. The molecular weight excluding hydrogens is 406 g/mol. The molecule has 1 unspecified atom stereocenters. The Balaban J connectivity index is 2.08. The first-order valence-corrected chi connectivity index (χ1v) is 11.3. The van der Waals surface area contributed by atoms with Crippen LogP contribution >= 0.6 is 0 Å². The van der Waals surface area contributed by atoms with E-state index in [2.05, 4.69) is 0 Å². The first kappa shape index (κ1) is 23.4. The van der Waals surface area contributed by atoms with Gasteiger partial charge in [0.15, 0.2) is 0 Å². The van der Waals surface area contributed by atoms with Crippen LogP contribution in [0.15, 0.2) is 54.1 Å². The van der Waals surface area contributed by atoms with Crippen molar-refractivity contribution in [2.45, 2.75) is 46.1 Å². The van der Waals surface area contributed by atoms with Gasteiger partial charge in [0.05, 0.1) is 24.8 Å². The topological polar surface area (TPSA) is 76.1 Å². The Bertz CT molecular complexity index is 980. The van der Waals surface area contributed by atoms with E-state index in [0.29, 0.717) is 36.8 Å². The number of amides is 1. The number of nitrogens with zero attached hydrogens (tertiary/aromatic N) is 1. The smallest absolute Gasteiger partial charge is 0.295 e. The number of ether oxygens (including phenoxy) is 2. The molecule has 3 rings (SSSR count). The summed E-state index contributed by atoms with van der Waals surface area (Å²) in [4.78, 5) is 27.5. The maximum Gasteiger partial charge on any atom is 0.295 e. The largest absolute Gasteiger partial charge is 0.507 e. The third-order valence-corrected chi connectivity index (χ3v) is 5.38. The number of aliphatic hydroxyl groups is 1. The van der Waals surface area contributed by atoms with Crippen molar-refractivity contribution in [1.82, 2.24) is 4.90 Å². The third-order valence-electron chi connectivity index (χ3n) is 5.38. The number of rotatable bonds is 10. The quantitative estimate of drug-likeness (QED) is 0.318. The fourth-order valence-corrected chi connectivity index (χ4v) is 3.81. The highest BCUT2D eigenvalue weighted by molar-refractivity contribution is 6.46. The Labute approximate surface area is 189 Å². The Morgan fingerprint density at radius 2 is 1.72 bits per heavy atom. The summed E-state index contributed by atoms with van der Waals surface area (Å²) in [5, 5.41) is 11.1. The number of hydrogen-bond acceptors (Lipinski definition) is 5. The van der Waals surface area contributed by atoms with Gasteiger partial charge < -0.3 is 19.5 Å². The lowest BCUT2D eigenvalue weighted by molar-refractivity contribution is -0.139. The minimum Gasteiger partial charge on any atom is -0.507 e. The van der Waals surface area contributed by atoms with Crippen molar-refractivity contribution in [3.63, 3.8) is 0 Å². The molecule has 1 N–H and O–H groups in total. The van der Waals surface area contributed by atoms with Crippen molar-refractivity contribution in [1.29, 1.82) is 0 Å². The molecular formula is C26H31NO5. The van der Waals surface area contributed by atoms with E-state index in [1.807, 2.05) is 45.0 Å². The number of ketones is 1. The van der Waals surface area contributed by atoms with E-state index in [1.54, 1.807) is 29.2 Å². The number of carbonyl (C=O) groups is 2. The summed E-state index contributed by atoms with van der Waals surface area (Å²) in [7, 11) is 0. The average Bonchev–Trinajstić information content (AvgIpc) is 3.06. The van der Waals surface area contributed by atoms with E-state index in [9.17, 15) is 14.7 Å². The molecule has 1 saturated heterocycles. The molecule has 0 bridgehead atoms. The molecule has 1 aliphatic rings. The zero-order chi connectivity index (χ0) is 23.1. The van der Waals surface area contributed by atoms with Crippen LogP contribution in [0.4, 0.5) is 0 Å². The summed E-state index contributed by atoms with van der Waals surface area (Å²) in [5.41, 5.74) is 1.30. The average molecular weight is 438 g/mol. The van der Waals surface area contributed by atoms with E-state index in [1.165, 1.54) is 0 Å². The van der Waals surface area contributed by atoms with Gasteiger partial charge >= 0.3 is 0 Å². The molecule has 0 radical (unpaired) electrons. The van der Waals surface area contributed by atoms with E-state index in [4.69, 9.17) is 9.47 Å². The van der Waals surface area contributed by atoms with Gasteiger partial charge in [-0.05, 0) is 61.7 Å². The van der Waals surface area contributed by atoms with Crippen LogP contribution in [0.2, 0.25) is 0 Å². The van der Waals surface area contributed by atoms with Gasteiger partial charge in [-0.15, -0.1) is 0 Å². The van der Waals surface area contributed by atoms with Gasteiger partial charge in [0.2, 0.25) is 0 Å². The van der Waals surface area contributed by atoms with E-state index >= 15 is 0 Å². The van der Waals surface area contributed by atoms with E-state index in [0.717, 1.165) is 24.8 Å². The zero-order valence-electron chi connectivity index (χ0n) is 19.0. The number of likely N-dealkylation sites (tertiary alicyclic amines) is 1. The van der Waals surface area contributed by atoms with Gasteiger partial charge in [0, 0.05) is 12.1 Å². The molecule has 1 fully saturated rings. The first-order chi connectivity index (χ1) is 15.5. The Morgan fingerprint density at radius 1 is 0.969 bits per heavy atom. The molecule has 170 valence electrons. The molecule has 2 aromatic carbocycles. The highest BCUT2D eigenvalue weighted by Gasteiger charge is 2.45. The van der Waals surface area contributed by atoms with Crippen LogP contribution < -0.4 is 9.47 Å². The normalized spacial score (nSPS) is 17.6. The highest BCUT2D eigenvalue weighted by Crippen LogP contribution is 2.40. The second-order valence-corrected chi connectivity index (χ2v) is 7.72. The van der Waals surface area contributed by atoms with Crippen LogP contribution in [0.5, 0.6) is 11.5 Å². The second-order valence-electron chi connectivity index (χ2n) is 7.72. The van der Waals surface area contributed by atoms with Crippen LogP contribution in [-0.4, -0.2) is 41.5 Å². The molecule has 1 atom stereocenters. The van der Waals surface area contributed by atoms with E-state index < -0.39 is 17.7 Å². The molecule has 6 heteroatoms. The van der Waals surface area contributed by atoms with Gasteiger partial charge in [0.1, 0.15) is 17.3 Å². The maximum absolute atomic E-state index is 13.0. The molecule has 1 aliphatic heterocycles. The SMILES string of the molecule is CCCCN1C(=O)C(=O)/C(=C(\O)c2ccc(OCC)cc2)C1c1cccc(OCCC)c1. The molecule has 1 heterocycles. The van der Waals surface area contributed by atoms with Crippen LogP contribution in [0.1, 0.15) is 57.2 Å². The van der Waals surface area contributed by atoms with Crippen LogP contribution in [0.25, 0.3) is 5.76 Å². The summed E-state index contributed by atoms with van der Waals surface area (Å²) in [6, 6.07) is 13.6. The number of aliphatic hydroxyl groups excluding tert-OH is 1. The summed E-state index contributed by atoms with van der Waals surface area (Å²) in [5.74, 6) is -0.0975. The lowest BCUT2D eigenvalue weighted by atomic mass is 9.95. The summed E-state index contributed by atoms with van der Waals surface area (Å²) in [6.07, 6.45) is 2.52.